The molecule has 0 bridgehead atoms. The van der Waals surface area contributed by atoms with Crippen molar-refractivity contribution in [2.45, 2.75) is 17.7 Å². The van der Waals surface area contributed by atoms with E-state index >= 15 is 0 Å². The van der Waals surface area contributed by atoms with Gasteiger partial charge >= 0.3 is 0 Å². The second kappa shape index (κ2) is 10.7. The van der Waals surface area contributed by atoms with Gasteiger partial charge < -0.3 is 15.1 Å². The Morgan fingerprint density at radius 2 is 1.74 bits per heavy atom. The number of anilines is 1. The van der Waals surface area contributed by atoms with Crippen LogP contribution in [0.1, 0.15) is 23.2 Å². The number of amides is 1. The lowest BCUT2D eigenvalue weighted by Gasteiger charge is -2.32. The van der Waals surface area contributed by atoms with Crippen LogP contribution in [0.4, 0.5) is 10.1 Å². The van der Waals surface area contributed by atoms with Crippen LogP contribution >= 0.6 is 0 Å². The van der Waals surface area contributed by atoms with Crippen molar-refractivity contribution < 1.29 is 17.6 Å². The van der Waals surface area contributed by atoms with Crippen LogP contribution < -0.4 is 10.0 Å². The van der Waals surface area contributed by atoms with E-state index in [0.717, 1.165) is 45.6 Å². The third kappa shape index (κ3) is 7.02. The monoisotopic (exact) mass is 448 g/mol. The summed E-state index contributed by atoms with van der Waals surface area (Å²) in [5.74, 6) is -0.761. The number of nitrogens with zero attached hydrogens (tertiary/aromatic N) is 2. The largest absolute Gasteiger partial charge is 0.352 e. The molecule has 1 heterocycles. The van der Waals surface area contributed by atoms with E-state index in [1.54, 1.807) is 6.07 Å². The number of halogens is 1. The van der Waals surface area contributed by atoms with Crippen LogP contribution in [-0.4, -0.2) is 70.4 Å². The van der Waals surface area contributed by atoms with Crippen molar-refractivity contribution in [1.82, 2.24) is 15.1 Å². The Labute approximate surface area is 183 Å². The first-order chi connectivity index (χ1) is 14.8. The summed E-state index contributed by atoms with van der Waals surface area (Å²) in [6.45, 7) is 5.90. The maximum atomic E-state index is 13.0. The molecule has 2 N–H and O–H groups in total. The predicted molar refractivity (Wildman–Crippen MR) is 119 cm³/mol. The number of hydrogen-bond donors (Lipinski definition) is 2. The fourth-order valence-corrected chi connectivity index (χ4v) is 4.48. The van der Waals surface area contributed by atoms with Crippen molar-refractivity contribution in [3.63, 3.8) is 0 Å². The first-order valence-corrected chi connectivity index (χ1v) is 11.9. The van der Waals surface area contributed by atoms with Crippen molar-refractivity contribution in [2.75, 3.05) is 51.0 Å². The van der Waals surface area contributed by atoms with Crippen molar-refractivity contribution in [1.29, 1.82) is 0 Å². The Bertz CT molecular complexity index is 975. The minimum absolute atomic E-state index is 0.0282. The Morgan fingerprint density at radius 1 is 1.03 bits per heavy atom. The summed E-state index contributed by atoms with van der Waals surface area (Å²) in [4.78, 5) is 17.2. The zero-order chi connectivity index (χ0) is 22.3. The standard InChI is InChI=1S/C22H29FN4O3S/c1-26-13-15-27(16-14-26)12-3-2-11-24-22(28)18-5-4-6-21(17-18)31(29,30)25-20-9-7-19(23)8-10-20/h4-10,17,25H,2-3,11-16H2,1H3,(H,24,28). The molecule has 0 spiro atoms. The molecule has 1 saturated heterocycles. The molecule has 7 nitrogen and oxygen atoms in total. The van der Waals surface area contributed by atoms with Gasteiger partial charge in [0.15, 0.2) is 0 Å². The Kier molecular flexibility index (Phi) is 8.00. The van der Waals surface area contributed by atoms with Gasteiger partial charge in [0.1, 0.15) is 5.82 Å². The van der Waals surface area contributed by atoms with E-state index in [4.69, 9.17) is 0 Å². The van der Waals surface area contributed by atoms with Gasteiger partial charge in [-0.2, -0.15) is 0 Å². The first-order valence-electron chi connectivity index (χ1n) is 10.4. The molecule has 9 heteroatoms. The second-order valence-corrected chi connectivity index (χ2v) is 9.43. The molecule has 0 aliphatic carbocycles. The zero-order valence-corrected chi connectivity index (χ0v) is 18.5. The number of benzene rings is 2. The van der Waals surface area contributed by atoms with Crippen molar-refractivity contribution in [2.24, 2.45) is 0 Å². The van der Waals surface area contributed by atoms with E-state index in [1.807, 2.05) is 0 Å². The van der Waals surface area contributed by atoms with E-state index in [9.17, 15) is 17.6 Å². The van der Waals surface area contributed by atoms with E-state index in [-0.39, 0.29) is 22.1 Å². The highest BCUT2D eigenvalue weighted by Gasteiger charge is 2.17. The highest BCUT2D eigenvalue weighted by Crippen LogP contribution is 2.17. The fraction of sp³-hybridized carbons (Fsp3) is 0.409. The predicted octanol–water partition coefficient (Wildman–Crippen LogP) is 2.38. The van der Waals surface area contributed by atoms with Gasteiger partial charge in [-0.15, -0.1) is 0 Å². The Hall–Kier alpha value is -2.49. The molecule has 0 saturated carbocycles. The summed E-state index contributed by atoms with van der Waals surface area (Å²) in [5, 5.41) is 2.86. The molecule has 168 valence electrons. The van der Waals surface area contributed by atoms with Gasteiger partial charge in [0.25, 0.3) is 15.9 Å². The van der Waals surface area contributed by atoms with E-state index in [1.165, 1.54) is 42.5 Å². The summed E-state index contributed by atoms with van der Waals surface area (Å²) in [6, 6.07) is 10.9. The summed E-state index contributed by atoms with van der Waals surface area (Å²) >= 11 is 0. The lowest BCUT2D eigenvalue weighted by molar-refractivity contribution is 0.0951. The van der Waals surface area contributed by atoms with Gasteiger partial charge in [0, 0.05) is 44.0 Å². The molecule has 2 aromatic carbocycles. The minimum Gasteiger partial charge on any atom is -0.352 e. The normalized spacial score (nSPS) is 15.5. The SMILES string of the molecule is CN1CCN(CCCCNC(=O)c2cccc(S(=O)(=O)Nc3ccc(F)cc3)c2)CC1. The van der Waals surface area contributed by atoms with E-state index in [0.29, 0.717) is 6.54 Å². The summed E-state index contributed by atoms with van der Waals surface area (Å²) in [7, 11) is -1.76. The Balaban J connectivity index is 1.48. The molecule has 0 atom stereocenters. The zero-order valence-electron chi connectivity index (χ0n) is 17.7. The van der Waals surface area contributed by atoms with Gasteiger partial charge in [-0.3, -0.25) is 9.52 Å². The van der Waals surface area contributed by atoms with Gasteiger partial charge in [0.2, 0.25) is 0 Å². The molecule has 1 amide bonds. The van der Waals surface area contributed by atoms with Crippen LogP contribution in [0.3, 0.4) is 0 Å². The molecule has 1 aliphatic rings. The summed E-state index contributed by atoms with van der Waals surface area (Å²) < 4.78 is 40.6. The third-order valence-electron chi connectivity index (χ3n) is 5.29. The number of carbonyl (C=O) groups excluding carboxylic acids is 1. The van der Waals surface area contributed by atoms with Gasteiger partial charge in [-0.1, -0.05) is 6.07 Å². The molecule has 2 aromatic rings. The number of hydrogen-bond acceptors (Lipinski definition) is 5. The average Bonchev–Trinajstić information content (AvgIpc) is 2.76. The fourth-order valence-electron chi connectivity index (χ4n) is 3.37. The lowest BCUT2D eigenvalue weighted by Crippen LogP contribution is -2.44. The number of carbonyl (C=O) groups is 1. The van der Waals surface area contributed by atoms with Gasteiger partial charge in [-0.25, -0.2) is 12.8 Å². The molecule has 1 fully saturated rings. The second-order valence-electron chi connectivity index (χ2n) is 7.75. The first kappa shape index (κ1) is 23.2. The number of nitrogens with one attached hydrogen (secondary N) is 2. The number of sulfonamides is 1. The molecule has 1 aliphatic heterocycles. The van der Waals surface area contributed by atoms with Crippen LogP contribution in [0.5, 0.6) is 0 Å². The quantitative estimate of drug-likeness (QED) is 0.576. The van der Waals surface area contributed by atoms with Crippen LogP contribution in [0.25, 0.3) is 0 Å². The van der Waals surface area contributed by atoms with Gasteiger partial charge in [0.05, 0.1) is 4.90 Å². The smallest absolute Gasteiger partial charge is 0.261 e. The van der Waals surface area contributed by atoms with E-state index in [2.05, 4.69) is 26.9 Å². The molecular formula is C22H29FN4O3S. The number of unbranched alkanes of at least 4 members (excludes halogenated alkanes) is 1. The van der Waals surface area contributed by atoms with Crippen LogP contribution in [0, 0.1) is 5.82 Å². The highest BCUT2D eigenvalue weighted by molar-refractivity contribution is 7.92. The summed E-state index contributed by atoms with van der Waals surface area (Å²) in [5.41, 5.74) is 0.526. The van der Waals surface area contributed by atoms with E-state index < -0.39 is 15.8 Å². The minimum atomic E-state index is -3.89. The Morgan fingerprint density at radius 3 is 2.45 bits per heavy atom. The van der Waals surface area contributed by atoms with Crippen LogP contribution in [-0.2, 0) is 10.0 Å². The maximum Gasteiger partial charge on any atom is 0.261 e. The molecule has 31 heavy (non-hydrogen) atoms. The van der Waals surface area contributed by atoms with Crippen LogP contribution in [0.15, 0.2) is 53.4 Å². The van der Waals surface area contributed by atoms with Crippen molar-refractivity contribution >= 4 is 21.6 Å². The summed E-state index contributed by atoms with van der Waals surface area (Å²) in [6.07, 6.45) is 1.86. The molecule has 3 rings (SSSR count). The topological polar surface area (TPSA) is 81.8 Å². The third-order valence-corrected chi connectivity index (χ3v) is 6.66. The number of likely N-dealkylation sites (N-methyl/N-ethyl adjacent to an activating group) is 1. The number of rotatable bonds is 9. The maximum absolute atomic E-state index is 13.0. The molecular weight excluding hydrogens is 419 g/mol. The van der Waals surface area contributed by atoms with Crippen molar-refractivity contribution in [3.05, 3.63) is 59.9 Å². The van der Waals surface area contributed by atoms with Gasteiger partial charge in [-0.05, 0) is 68.9 Å². The highest BCUT2D eigenvalue weighted by atomic mass is 32.2. The van der Waals surface area contributed by atoms with Crippen LogP contribution in [0.2, 0.25) is 0 Å². The lowest BCUT2D eigenvalue weighted by atomic mass is 10.2. The molecule has 0 radical (unpaired) electrons. The average molecular weight is 449 g/mol. The number of piperazine rings is 1. The molecule has 0 unspecified atom stereocenters. The van der Waals surface area contributed by atoms with Crippen molar-refractivity contribution in [3.8, 4) is 0 Å². The molecule has 0 aromatic heterocycles.